The summed E-state index contributed by atoms with van der Waals surface area (Å²) < 4.78 is 0. The quantitative estimate of drug-likeness (QED) is 0.242. The highest BCUT2D eigenvalue weighted by molar-refractivity contribution is 7.80. The summed E-state index contributed by atoms with van der Waals surface area (Å²) in [4.78, 5) is 47.6. The zero-order chi connectivity index (χ0) is 21.1. The number of carbonyl (C=O) groups excluding carboxylic acids is 3. The topological polar surface area (TPSA) is 151 Å². The van der Waals surface area contributed by atoms with Crippen molar-refractivity contribution in [1.82, 2.24) is 16.0 Å². The minimum Gasteiger partial charge on any atom is -0.480 e. The summed E-state index contributed by atoms with van der Waals surface area (Å²) in [5.74, 6) is -3.09. The summed E-state index contributed by atoms with van der Waals surface area (Å²) in [5.41, 5.74) is 5.87. The number of nitrogens with two attached hydrogens (primary N) is 1. The van der Waals surface area contributed by atoms with E-state index in [0.29, 0.717) is 12.8 Å². The van der Waals surface area contributed by atoms with E-state index in [1.54, 1.807) is 6.92 Å². The van der Waals surface area contributed by atoms with Gasteiger partial charge in [-0.3, -0.25) is 19.2 Å². The Morgan fingerprint density at radius 3 is 1.96 bits per heavy atom. The van der Waals surface area contributed by atoms with E-state index in [2.05, 4.69) is 28.6 Å². The van der Waals surface area contributed by atoms with Crippen molar-refractivity contribution in [3.63, 3.8) is 0 Å². The first-order valence-corrected chi connectivity index (χ1v) is 9.68. The van der Waals surface area contributed by atoms with E-state index >= 15 is 0 Å². The third kappa shape index (κ3) is 8.61. The van der Waals surface area contributed by atoms with Gasteiger partial charge in [-0.05, 0) is 11.8 Å². The number of carboxylic acid groups (broad SMARTS) is 1. The largest absolute Gasteiger partial charge is 0.480 e. The predicted octanol–water partition coefficient (Wildman–Crippen LogP) is -0.494. The van der Waals surface area contributed by atoms with Crippen LogP contribution in [0.4, 0.5) is 0 Å². The van der Waals surface area contributed by atoms with Crippen LogP contribution in [-0.2, 0) is 19.2 Å². The maximum absolute atomic E-state index is 12.5. The van der Waals surface area contributed by atoms with Gasteiger partial charge in [0.25, 0.3) is 0 Å². The number of hydrogen-bond acceptors (Lipinski definition) is 6. The maximum Gasteiger partial charge on any atom is 0.322 e. The van der Waals surface area contributed by atoms with Crippen LogP contribution in [0.2, 0.25) is 0 Å². The van der Waals surface area contributed by atoms with Crippen molar-refractivity contribution in [3.05, 3.63) is 0 Å². The normalized spacial score (nSPS) is 16.4. The molecule has 0 heterocycles. The monoisotopic (exact) mass is 404 g/mol. The van der Waals surface area contributed by atoms with Crippen molar-refractivity contribution < 1.29 is 24.3 Å². The summed E-state index contributed by atoms with van der Waals surface area (Å²) in [7, 11) is 0. The minimum absolute atomic E-state index is 0.0226. The van der Waals surface area contributed by atoms with E-state index in [1.807, 2.05) is 20.8 Å². The van der Waals surface area contributed by atoms with Gasteiger partial charge in [0.1, 0.15) is 18.6 Å². The van der Waals surface area contributed by atoms with Gasteiger partial charge in [-0.2, -0.15) is 12.6 Å². The second-order valence-electron chi connectivity index (χ2n) is 6.64. The first-order valence-electron chi connectivity index (χ1n) is 9.05. The predicted molar refractivity (Wildman–Crippen MR) is 105 cm³/mol. The average Bonchev–Trinajstić information content (AvgIpc) is 2.65. The second kappa shape index (κ2) is 12.6. The van der Waals surface area contributed by atoms with E-state index in [-0.39, 0.29) is 17.6 Å². The lowest BCUT2D eigenvalue weighted by atomic mass is 9.97. The van der Waals surface area contributed by atoms with Crippen LogP contribution in [0, 0.1) is 11.8 Å². The fraction of sp³-hybridized carbons (Fsp3) is 0.765. The molecule has 0 aliphatic heterocycles. The SMILES string of the molecule is CCC(C)C(N)C(=O)NC(CS)C(=O)NC(C(=O)NCC(=O)O)C(C)CC. The van der Waals surface area contributed by atoms with Gasteiger partial charge in [0.15, 0.2) is 0 Å². The smallest absolute Gasteiger partial charge is 0.322 e. The second-order valence-corrected chi connectivity index (χ2v) is 7.00. The molecule has 5 atom stereocenters. The summed E-state index contributed by atoms with van der Waals surface area (Å²) in [6.45, 7) is 6.81. The molecule has 0 aromatic carbocycles. The van der Waals surface area contributed by atoms with Crippen molar-refractivity contribution >= 4 is 36.3 Å². The molecule has 0 spiro atoms. The van der Waals surface area contributed by atoms with Crippen LogP contribution in [0.3, 0.4) is 0 Å². The molecular formula is C17H32N4O5S. The number of rotatable bonds is 12. The minimum atomic E-state index is -1.18. The number of carbonyl (C=O) groups is 4. The Hall–Kier alpha value is -1.81. The molecule has 10 heteroatoms. The van der Waals surface area contributed by atoms with Crippen molar-refractivity contribution in [3.8, 4) is 0 Å². The highest BCUT2D eigenvalue weighted by Gasteiger charge is 2.30. The Kier molecular flexibility index (Phi) is 11.7. The first-order chi connectivity index (χ1) is 12.6. The Balaban J connectivity index is 5.07. The van der Waals surface area contributed by atoms with Gasteiger partial charge in [0, 0.05) is 5.75 Å². The third-order valence-corrected chi connectivity index (χ3v) is 4.95. The van der Waals surface area contributed by atoms with E-state index in [9.17, 15) is 19.2 Å². The van der Waals surface area contributed by atoms with Gasteiger partial charge in [-0.1, -0.05) is 40.5 Å². The Morgan fingerprint density at radius 1 is 0.963 bits per heavy atom. The molecule has 9 nitrogen and oxygen atoms in total. The number of thiol groups is 1. The summed E-state index contributed by atoms with van der Waals surface area (Å²) >= 11 is 4.10. The van der Waals surface area contributed by atoms with Crippen LogP contribution >= 0.6 is 12.6 Å². The lowest BCUT2D eigenvalue weighted by Gasteiger charge is -2.27. The molecular weight excluding hydrogens is 372 g/mol. The third-order valence-electron chi connectivity index (χ3n) is 4.58. The van der Waals surface area contributed by atoms with Crippen molar-refractivity contribution in [1.29, 1.82) is 0 Å². The molecule has 0 aromatic heterocycles. The van der Waals surface area contributed by atoms with Gasteiger partial charge in [0.05, 0.1) is 6.04 Å². The summed E-state index contributed by atoms with van der Waals surface area (Å²) in [5, 5.41) is 16.1. The Morgan fingerprint density at radius 2 is 1.52 bits per heavy atom. The molecule has 0 bridgehead atoms. The molecule has 0 saturated heterocycles. The lowest BCUT2D eigenvalue weighted by molar-refractivity contribution is -0.139. The van der Waals surface area contributed by atoms with Crippen LogP contribution in [0.5, 0.6) is 0 Å². The zero-order valence-corrected chi connectivity index (χ0v) is 17.2. The van der Waals surface area contributed by atoms with E-state index in [1.165, 1.54) is 0 Å². The fourth-order valence-corrected chi connectivity index (χ4v) is 2.46. The number of carboxylic acids is 1. The maximum atomic E-state index is 12.5. The number of amides is 3. The van der Waals surface area contributed by atoms with E-state index in [4.69, 9.17) is 10.8 Å². The average molecular weight is 405 g/mol. The van der Waals surface area contributed by atoms with Crippen LogP contribution in [0.15, 0.2) is 0 Å². The van der Waals surface area contributed by atoms with Gasteiger partial charge < -0.3 is 26.8 Å². The van der Waals surface area contributed by atoms with E-state index < -0.39 is 48.4 Å². The molecule has 0 fully saturated rings. The van der Waals surface area contributed by atoms with Crippen molar-refractivity contribution in [2.45, 2.75) is 58.7 Å². The van der Waals surface area contributed by atoms with Crippen molar-refractivity contribution in [2.75, 3.05) is 12.3 Å². The molecule has 0 aliphatic rings. The molecule has 156 valence electrons. The molecule has 0 radical (unpaired) electrons. The summed E-state index contributed by atoms with van der Waals surface area (Å²) in [6, 6.07) is -2.64. The number of aliphatic carboxylic acids is 1. The summed E-state index contributed by atoms with van der Waals surface area (Å²) in [6.07, 6.45) is 1.30. The fourth-order valence-electron chi connectivity index (χ4n) is 2.20. The molecule has 27 heavy (non-hydrogen) atoms. The highest BCUT2D eigenvalue weighted by Crippen LogP contribution is 2.09. The Bertz CT molecular complexity index is 531. The molecule has 0 rings (SSSR count). The van der Waals surface area contributed by atoms with Crippen LogP contribution in [-0.4, -0.2) is 59.2 Å². The standard InChI is InChI=1S/C17H32N4O5S/c1-5-9(3)13(18)16(25)20-11(8-27)15(24)21-14(10(4)6-2)17(26)19-7-12(22)23/h9-11,13-14,27H,5-8,18H2,1-4H3,(H,19,26)(H,20,25)(H,21,24)(H,22,23). The van der Waals surface area contributed by atoms with Crippen LogP contribution < -0.4 is 21.7 Å². The molecule has 0 saturated carbocycles. The van der Waals surface area contributed by atoms with Crippen LogP contribution in [0.25, 0.3) is 0 Å². The van der Waals surface area contributed by atoms with Gasteiger partial charge >= 0.3 is 5.97 Å². The van der Waals surface area contributed by atoms with Gasteiger partial charge in [-0.15, -0.1) is 0 Å². The molecule has 5 unspecified atom stereocenters. The van der Waals surface area contributed by atoms with Gasteiger partial charge in [-0.25, -0.2) is 0 Å². The first kappa shape index (κ1) is 25.2. The molecule has 0 aromatic rings. The molecule has 0 aliphatic carbocycles. The zero-order valence-electron chi connectivity index (χ0n) is 16.3. The van der Waals surface area contributed by atoms with E-state index in [0.717, 1.165) is 0 Å². The Labute approximate surface area is 165 Å². The number of hydrogen-bond donors (Lipinski definition) is 6. The highest BCUT2D eigenvalue weighted by atomic mass is 32.1. The lowest BCUT2D eigenvalue weighted by Crippen LogP contribution is -2.58. The molecule has 3 amide bonds. The van der Waals surface area contributed by atoms with Crippen molar-refractivity contribution in [2.24, 2.45) is 17.6 Å². The van der Waals surface area contributed by atoms with Crippen LogP contribution in [0.1, 0.15) is 40.5 Å². The molecule has 6 N–H and O–H groups in total. The number of nitrogens with one attached hydrogen (secondary N) is 3. The van der Waals surface area contributed by atoms with Gasteiger partial charge in [0.2, 0.25) is 17.7 Å².